The Morgan fingerprint density at radius 1 is 0.443 bits per heavy atom. The fraction of sp³-hybridized carbons (Fsp3) is 0.0392. The average molecular weight is 824 g/mol. The summed E-state index contributed by atoms with van der Waals surface area (Å²) in [5, 5.41) is 5.86. The quantitative estimate of drug-likeness (QED) is 0.0830. The van der Waals surface area contributed by atoms with Crippen LogP contribution < -0.4 is 25.0 Å². The zero-order valence-electron chi connectivity index (χ0n) is 32.9. The number of pyridine rings is 1. The van der Waals surface area contributed by atoms with Crippen LogP contribution in [-0.2, 0) is 25.0 Å². The van der Waals surface area contributed by atoms with E-state index in [0.717, 1.165) is 0 Å². The first-order chi connectivity index (χ1) is 29.7. The number of carbonyl (C=O) groups is 2. The van der Waals surface area contributed by atoms with E-state index in [2.05, 4.69) is 15.6 Å². The van der Waals surface area contributed by atoms with Gasteiger partial charge in [-0.2, -0.15) is 0 Å². The first-order valence-corrected chi connectivity index (χ1v) is 21.0. The van der Waals surface area contributed by atoms with Crippen molar-refractivity contribution >= 4 is 31.0 Å². The van der Waals surface area contributed by atoms with Crippen LogP contribution in [0.1, 0.15) is 33.4 Å². The van der Waals surface area contributed by atoms with Crippen LogP contribution in [0, 0.1) is 0 Å². The summed E-state index contributed by atoms with van der Waals surface area (Å²) in [4.78, 5) is 55.8. The minimum absolute atomic E-state index is 0.107. The number of H-pyrrole nitrogens is 1. The third-order valence-corrected chi connectivity index (χ3v) is 10.7. The SMILES string of the molecule is O=C(Nc1cccc(NC(=O)C(c2ccccc2)(c2ccccc2)c2ccccc2)c1OP(=O)([O-])O)C(c1ccccc1)(c1ccccc1)c1ccccc1.c1cc[nH+]cc1. The van der Waals surface area contributed by atoms with E-state index in [1.54, 1.807) is 6.07 Å². The standard InChI is InChI=1S/C46H37N2O6P.C5H5N/c49-43(45(34-20-7-1-8-21-34,35-22-9-2-10-23-35)36-24-11-3-12-25-36)47-40-32-19-33-41(42(40)54-55(51,52)53)48-44(50)46(37-26-13-4-14-27-37,38-28-15-5-16-29-38)39-30-17-6-18-31-39;1-2-4-6-5-3-1/h1-33H,(H,47,49)(H,48,50)(H2,51,52,53);1-5H. The number of phosphoric acid groups is 1. The van der Waals surface area contributed by atoms with Crippen molar-refractivity contribution in [1.29, 1.82) is 0 Å². The van der Waals surface area contributed by atoms with E-state index in [1.165, 1.54) is 12.1 Å². The Bertz CT molecular complexity index is 2310. The molecule has 0 saturated carbocycles. The molecule has 1 heterocycles. The van der Waals surface area contributed by atoms with Crippen molar-refractivity contribution in [2.24, 2.45) is 0 Å². The fourth-order valence-corrected chi connectivity index (χ4v) is 8.06. The third-order valence-electron chi connectivity index (χ3n) is 10.2. The number of rotatable bonds is 12. The van der Waals surface area contributed by atoms with E-state index < -0.39 is 36.2 Å². The van der Waals surface area contributed by atoms with E-state index in [1.807, 2.05) is 213 Å². The predicted octanol–water partition coefficient (Wildman–Crippen LogP) is 8.97. The van der Waals surface area contributed by atoms with Crippen LogP contribution in [0.5, 0.6) is 5.75 Å². The molecule has 0 aliphatic carbocycles. The van der Waals surface area contributed by atoms with Gasteiger partial charge in [0, 0.05) is 12.1 Å². The van der Waals surface area contributed by atoms with Crippen LogP contribution in [0.2, 0.25) is 0 Å². The summed E-state index contributed by atoms with van der Waals surface area (Å²) in [5.41, 5.74) is 0.777. The van der Waals surface area contributed by atoms with Gasteiger partial charge in [-0.3, -0.25) is 14.2 Å². The molecule has 10 heteroatoms. The Hall–Kier alpha value is -7.42. The Labute approximate surface area is 354 Å². The number of nitrogens with one attached hydrogen (secondary N) is 3. The molecule has 8 aromatic rings. The van der Waals surface area contributed by atoms with E-state index in [0.29, 0.717) is 33.4 Å². The van der Waals surface area contributed by atoms with Gasteiger partial charge < -0.3 is 24.9 Å². The molecule has 0 aliphatic heterocycles. The van der Waals surface area contributed by atoms with Crippen molar-refractivity contribution in [3.63, 3.8) is 0 Å². The number of anilines is 2. The number of para-hydroxylation sites is 1. The summed E-state index contributed by atoms with van der Waals surface area (Å²) in [5.74, 6) is -1.57. The number of amides is 2. The van der Waals surface area contributed by atoms with E-state index in [4.69, 9.17) is 4.52 Å². The molecule has 1 atom stereocenters. The number of benzene rings is 7. The van der Waals surface area contributed by atoms with Gasteiger partial charge in [-0.05, 0) is 45.5 Å². The largest absolute Gasteiger partial charge is 0.746 e. The molecule has 2 amide bonds. The number of carbonyl (C=O) groups excluding carboxylic acids is 2. The average Bonchev–Trinajstić information content (AvgIpc) is 3.31. The summed E-state index contributed by atoms with van der Waals surface area (Å²) in [6, 6.07) is 65.7. The molecule has 0 bridgehead atoms. The van der Waals surface area contributed by atoms with E-state index >= 15 is 9.59 Å². The molecular weight excluding hydrogens is 782 g/mol. The number of aromatic nitrogens is 1. The zero-order valence-corrected chi connectivity index (χ0v) is 33.8. The molecule has 0 radical (unpaired) electrons. The number of hydrogen-bond donors (Lipinski definition) is 3. The molecule has 302 valence electrons. The topological polar surface area (TPSA) is 142 Å². The molecule has 1 unspecified atom stereocenters. The van der Waals surface area contributed by atoms with Gasteiger partial charge in [0.25, 0.3) is 0 Å². The first-order valence-electron chi connectivity index (χ1n) is 19.5. The molecule has 7 aromatic carbocycles. The smallest absolute Gasteiger partial charge is 0.317 e. The minimum Gasteiger partial charge on any atom is -0.746 e. The van der Waals surface area contributed by atoms with Gasteiger partial charge in [-0.25, -0.2) is 4.98 Å². The molecule has 1 aromatic heterocycles. The third kappa shape index (κ3) is 9.10. The van der Waals surface area contributed by atoms with Crippen LogP contribution in [0.25, 0.3) is 0 Å². The fourth-order valence-electron chi connectivity index (χ4n) is 7.64. The molecule has 4 N–H and O–H groups in total. The highest BCUT2D eigenvalue weighted by Gasteiger charge is 2.46. The lowest BCUT2D eigenvalue weighted by Crippen LogP contribution is -2.43. The molecule has 0 aliphatic rings. The second kappa shape index (κ2) is 19.1. The van der Waals surface area contributed by atoms with Crippen molar-refractivity contribution < 1.29 is 33.4 Å². The Kier molecular flexibility index (Phi) is 13.1. The highest BCUT2D eigenvalue weighted by molar-refractivity contribution is 7.45. The van der Waals surface area contributed by atoms with Crippen molar-refractivity contribution in [1.82, 2.24) is 0 Å². The van der Waals surface area contributed by atoms with Crippen LogP contribution in [0.4, 0.5) is 11.4 Å². The van der Waals surface area contributed by atoms with Crippen molar-refractivity contribution in [2.75, 3.05) is 10.6 Å². The zero-order chi connectivity index (χ0) is 42.5. The lowest BCUT2D eigenvalue weighted by Gasteiger charge is -2.35. The molecular formula is C51H42N3O6P. The van der Waals surface area contributed by atoms with Gasteiger partial charge in [-0.1, -0.05) is 194 Å². The Morgan fingerprint density at radius 2 is 0.705 bits per heavy atom. The lowest BCUT2D eigenvalue weighted by atomic mass is 9.68. The molecule has 0 saturated heterocycles. The van der Waals surface area contributed by atoms with Gasteiger partial charge in [0.2, 0.25) is 11.8 Å². The predicted molar refractivity (Wildman–Crippen MR) is 236 cm³/mol. The maximum Gasteiger partial charge on any atom is 0.317 e. The van der Waals surface area contributed by atoms with Gasteiger partial charge >= 0.3 is 7.82 Å². The summed E-state index contributed by atoms with van der Waals surface area (Å²) < 4.78 is 17.8. The number of phosphoric ester groups is 1. The molecule has 8 rings (SSSR count). The summed E-state index contributed by atoms with van der Waals surface area (Å²) in [6.45, 7) is 0. The lowest BCUT2D eigenvalue weighted by molar-refractivity contribution is -0.378. The maximum atomic E-state index is 15.1. The molecule has 0 fully saturated rings. The van der Waals surface area contributed by atoms with Crippen LogP contribution in [0.15, 0.2) is 231 Å². The van der Waals surface area contributed by atoms with Crippen LogP contribution in [-0.4, -0.2) is 16.7 Å². The monoisotopic (exact) mass is 823 g/mol. The van der Waals surface area contributed by atoms with E-state index in [9.17, 15) is 14.4 Å². The molecule has 61 heavy (non-hydrogen) atoms. The van der Waals surface area contributed by atoms with Crippen LogP contribution >= 0.6 is 7.82 Å². The Balaban J connectivity index is 0.000000861. The Morgan fingerprint density at radius 3 is 0.918 bits per heavy atom. The second-order valence-electron chi connectivity index (χ2n) is 13.9. The summed E-state index contributed by atoms with van der Waals surface area (Å²) in [6.07, 6.45) is 3.75. The molecule has 0 spiro atoms. The minimum atomic E-state index is -5.51. The van der Waals surface area contributed by atoms with Gasteiger partial charge in [0.05, 0.1) is 11.4 Å². The van der Waals surface area contributed by atoms with Crippen molar-refractivity contribution in [2.45, 2.75) is 10.8 Å². The van der Waals surface area contributed by atoms with Crippen molar-refractivity contribution in [3.8, 4) is 5.75 Å². The van der Waals surface area contributed by atoms with Gasteiger partial charge in [0.1, 0.15) is 10.8 Å². The van der Waals surface area contributed by atoms with Crippen LogP contribution in [0.3, 0.4) is 0 Å². The molecule has 9 nitrogen and oxygen atoms in total. The van der Waals surface area contributed by atoms with Crippen molar-refractivity contribution in [3.05, 3.63) is 264 Å². The van der Waals surface area contributed by atoms with E-state index in [-0.39, 0.29) is 11.4 Å². The van der Waals surface area contributed by atoms with Gasteiger partial charge in [0.15, 0.2) is 18.1 Å². The highest BCUT2D eigenvalue weighted by atomic mass is 31.2. The maximum absolute atomic E-state index is 15.1. The van der Waals surface area contributed by atoms with Gasteiger partial charge in [-0.15, -0.1) is 0 Å². The highest BCUT2D eigenvalue weighted by Crippen LogP contribution is 2.47. The summed E-state index contributed by atoms with van der Waals surface area (Å²) >= 11 is 0. The second-order valence-corrected chi connectivity index (χ2v) is 15.0. The summed E-state index contributed by atoms with van der Waals surface area (Å²) in [7, 11) is -5.51. The first kappa shape index (κ1) is 41.7. The number of aromatic amines is 1. The number of hydrogen-bond acceptors (Lipinski definition) is 5. The normalized spacial score (nSPS) is 12.1.